The molecule has 2 aliphatic rings. The van der Waals surface area contributed by atoms with Gasteiger partial charge in [-0.2, -0.15) is 0 Å². The molecule has 14 aromatic rings. The van der Waals surface area contributed by atoms with Crippen LogP contribution in [0.15, 0.2) is 242 Å². The predicted octanol–water partition coefficient (Wildman–Crippen LogP) is 17.8. The summed E-state index contributed by atoms with van der Waals surface area (Å²) in [6.07, 6.45) is 5.39. The summed E-state index contributed by atoms with van der Waals surface area (Å²) in [6, 6.07) is 84.7. The molecule has 4 aromatic heterocycles. The lowest BCUT2D eigenvalue weighted by Gasteiger charge is -2.45. The van der Waals surface area contributed by atoms with E-state index < -0.39 is 0 Å². The van der Waals surface area contributed by atoms with Gasteiger partial charge in [-0.1, -0.05) is 165 Å². The Balaban J connectivity index is 1.05. The zero-order valence-corrected chi connectivity index (χ0v) is 45.2. The summed E-state index contributed by atoms with van der Waals surface area (Å²) in [4.78, 5) is 10.8. The third-order valence-corrected chi connectivity index (χ3v) is 17.5. The van der Waals surface area contributed by atoms with Crippen molar-refractivity contribution in [1.82, 2.24) is 28.1 Å². The van der Waals surface area contributed by atoms with Gasteiger partial charge in [-0.15, -0.1) is 0 Å². The van der Waals surface area contributed by atoms with Gasteiger partial charge in [-0.05, 0) is 134 Å². The summed E-state index contributed by atoms with van der Waals surface area (Å²) in [7, 11) is 4.46. The molecule has 384 valence electrons. The second-order valence-electron chi connectivity index (χ2n) is 22.1. The van der Waals surface area contributed by atoms with Gasteiger partial charge >= 0.3 is 0 Å². The van der Waals surface area contributed by atoms with E-state index in [0.29, 0.717) is 0 Å². The van der Waals surface area contributed by atoms with E-state index in [1.807, 2.05) is 0 Å². The molecule has 0 saturated heterocycles. The number of fused-ring (bicyclic) bond motifs is 14. The molecule has 3 unspecified atom stereocenters. The molecule has 0 N–H and O–H groups in total. The number of amidine groups is 1. The van der Waals surface area contributed by atoms with Crippen molar-refractivity contribution in [2.24, 2.45) is 4.99 Å². The third-order valence-electron chi connectivity index (χ3n) is 17.5. The van der Waals surface area contributed by atoms with Gasteiger partial charge < -0.3 is 23.2 Å². The van der Waals surface area contributed by atoms with Crippen LogP contribution in [-0.2, 0) is 0 Å². The summed E-state index contributed by atoms with van der Waals surface area (Å²) >= 11 is 0. The van der Waals surface area contributed by atoms with Crippen molar-refractivity contribution in [2.45, 2.75) is 38.5 Å². The maximum absolute atomic E-state index is 5.92. The molecule has 0 fully saturated rings. The van der Waals surface area contributed by atoms with Gasteiger partial charge in [-0.3, -0.25) is 4.90 Å². The fraction of sp³-hybridized carbons (Fsp3) is 0.110. The molecule has 0 amide bonds. The van der Waals surface area contributed by atoms with Gasteiger partial charge in [0, 0.05) is 73.1 Å². The lowest BCUT2D eigenvalue weighted by atomic mass is 9.89. The minimum atomic E-state index is -0.246. The lowest BCUT2D eigenvalue weighted by Crippen LogP contribution is -2.47. The maximum atomic E-state index is 5.92. The second-order valence-corrected chi connectivity index (χ2v) is 22.1. The van der Waals surface area contributed by atoms with Crippen molar-refractivity contribution in [1.29, 1.82) is 0 Å². The highest BCUT2D eigenvalue weighted by molar-refractivity contribution is 6.29. The fourth-order valence-electron chi connectivity index (χ4n) is 14.2. The number of para-hydroxylation sites is 5. The van der Waals surface area contributed by atoms with E-state index >= 15 is 0 Å². The first-order valence-corrected chi connectivity index (χ1v) is 28.0. The van der Waals surface area contributed by atoms with Gasteiger partial charge in [0.25, 0.3) is 0 Å². The third kappa shape index (κ3) is 6.68. The first kappa shape index (κ1) is 46.4. The molecule has 1 aliphatic heterocycles. The van der Waals surface area contributed by atoms with E-state index in [1.54, 1.807) is 0 Å². The van der Waals surface area contributed by atoms with Crippen LogP contribution < -0.4 is 0 Å². The fourth-order valence-corrected chi connectivity index (χ4v) is 14.2. The number of aryl methyl sites for hydroxylation is 1. The Kier molecular flexibility index (Phi) is 10.4. The molecule has 7 heteroatoms. The zero-order chi connectivity index (χ0) is 53.3. The van der Waals surface area contributed by atoms with E-state index in [0.717, 1.165) is 51.6 Å². The van der Waals surface area contributed by atoms with Crippen LogP contribution in [0.5, 0.6) is 0 Å². The summed E-state index contributed by atoms with van der Waals surface area (Å²) in [6.45, 7) is 4.73. The highest BCUT2D eigenvalue weighted by Crippen LogP contribution is 2.50. The van der Waals surface area contributed by atoms with Crippen molar-refractivity contribution in [3.63, 3.8) is 0 Å². The lowest BCUT2D eigenvalue weighted by molar-refractivity contribution is 0.0745. The van der Waals surface area contributed by atoms with Crippen molar-refractivity contribution in [2.75, 3.05) is 14.1 Å². The van der Waals surface area contributed by atoms with E-state index in [4.69, 9.17) is 4.99 Å². The van der Waals surface area contributed by atoms with E-state index in [2.05, 4.69) is 299 Å². The van der Waals surface area contributed by atoms with Gasteiger partial charge in [-0.25, -0.2) is 4.99 Å². The van der Waals surface area contributed by atoms with Crippen molar-refractivity contribution in [3.05, 3.63) is 270 Å². The minimum Gasteiger partial charge on any atom is -0.339 e. The van der Waals surface area contributed by atoms with E-state index in [1.165, 1.54) is 93.2 Å². The molecule has 10 aromatic carbocycles. The molecule has 7 nitrogen and oxygen atoms in total. The SMILES string of the molecule is Cc1cc2c(c3ccccc3n2-c2ccccc2)c2c1c1cc(-n3c4c(c5c3cc(C3=NC(c6ccccc6)N(C)C(c6ccccc6)N3C)c3c6ccccc6n(-c6ccccc6)c35)C(C)CC=C4)ccc1n2-c1ccccc1. The molecule has 80 heavy (non-hydrogen) atoms. The Morgan fingerprint density at radius 1 is 0.425 bits per heavy atom. The first-order valence-electron chi connectivity index (χ1n) is 28.0. The van der Waals surface area contributed by atoms with Crippen LogP contribution in [0.25, 0.3) is 105 Å². The zero-order valence-electron chi connectivity index (χ0n) is 45.2. The highest BCUT2D eigenvalue weighted by Gasteiger charge is 2.38. The number of allylic oxidation sites excluding steroid dienone is 1. The van der Waals surface area contributed by atoms with Gasteiger partial charge in [0.2, 0.25) is 0 Å². The second kappa shape index (κ2) is 17.9. The summed E-state index contributed by atoms with van der Waals surface area (Å²) in [5.74, 6) is 1.21. The largest absolute Gasteiger partial charge is 0.339 e. The van der Waals surface area contributed by atoms with Gasteiger partial charge in [0.15, 0.2) is 0 Å². The first-order chi connectivity index (χ1) is 39.4. The number of hydrogen-bond donors (Lipinski definition) is 0. The molecule has 5 heterocycles. The van der Waals surface area contributed by atoms with Crippen molar-refractivity contribution < 1.29 is 0 Å². The Morgan fingerprint density at radius 2 is 0.938 bits per heavy atom. The number of benzene rings is 10. The van der Waals surface area contributed by atoms with E-state index in [-0.39, 0.29) is 18.2 Å². The van der Waals surface area contributed by atoms with E-state index in [9.17, 15) is 0 Å². The highest BCUT2D eigenvalue weighted by atomic mass is 15.4. The number of rotatable bonds is 7. The van der Waals surface area contributed by atoms with Crippen LogP contribution in [0.2, 0.25) is 0 Å². The molecular weight excluding hydrogens is 975 g/mol. The Hall–Kier alpha value is -9.69. The summed E-state index contributed by atoms with van der Waals surface area (Å²) in [5.41, 5.74) is 20.2. The van der Waals surface area contributed by atoms with Crippen molar-refractivity contribution >= 4 is 88.2 Å². The molecule has 0 radical (unpaired) electrons. The topological polar surface area (TPSA) is 38.6 Å². The Bertz CT molecular complexity index is 4850. The molecule has 0 saturated carbocycles. The van der Waals surface area contributed by atoms with Crippen LogP contribution in [0, 0.1) is 6.92 Å². The van der Waals surface area contributed by atoms with Crippen LogP contribution in [0.3, 0.4) is 0 Å². The van der Waals surface area contributed by atoms with Crippen LogP contribution in [0.4, 0.5) is 0 Å². The standard InChI is InChI=1S/C73H57N7/c1-46-25-24-40-61-65(46)68-63(78(61)53-41-42-60-56(44-53)64-47(2)43-62-67(69(64)80(60)52-34-18-9-19-35-52)55-37-21-22-38-58(55)77(62)50-30-14-7-15-31-50)45-57(66-54-36-20-23-39-59(54)79(70(66)68)51-32-16-8-17-33-51)72-74-71(48-26-10-5-11-27-48)75(3)73(76(72)4)49-28-12-6-13-29-49/h5-24,26-46,71,73H,25H2,1-4H3. The molecule has 16 rings (SSSR count). The Labute approximate surface area is 464 Å². The summed E-state index contributed by atoms with van der Waals surface area (Å²) < 4.78 is 10.1. The van der Waals surface area contributed by atoms with Crippen molar-refractivity contribution in [3.8, 4) is 22.7 Å². The molecular formula is C73H57N7. The Morgan fingerprint density at radius 3 is 1.57 bits per heavy atom. The molecule has 3 atom stereocenters. The summed E-state index contributed by atoms with van der Waals surface area (Å²) in [5, 5.41) is 8.66. The molecule has 0 bridgehead atoms. The van der Waals surface area contributed by atoms with Crippen LogP contribution >= 0.6 is 0 Å². The average Bonchev–Trinajstić information content (AvgIpc) is 4.31. The average molecular weight is 1030 g/mol. The maximum Gasteiger partial charge on any atom is 0.135 e. The smallest absolute Gasteiger partial charge is 0.135 e. The minimum absolute atomic E-state index is 0.106. The molecule has 1 aliphatic carbocycles. The van der Waals surface area contributed by atoms with Crippen LogP contribution in [-0.4, -0.2) is 48.0 Å². The monoisotopic (exact) mass is 1030 g/mol. The number of aliphatic imine (C=N–C) groups is 1. The number of aromatic nitrogens is 4. The van der Waals surface area contributed by atoms with Crippen LogP contribution in [0.1, 0.15) is 65.1 Å². The van der Waals surface area contributed by atoms with Gasteiger partial charge in [0.1, 0.15) is 18.2 Å². The quantitative estimate of drug-likeness (QED) is 0.160. The molecule has 0 spiro atoms. The normalized spacial score (nSPS) is 16.8. The predicted molar refractivity (Wildman–Crippen MR) is 334 cm³/mol. The number of hydrogen-bond acceptors (Lipinski definition) is 3. The van der Waals surface area contributed by atoms with Gasteiger partial charge in [0.05, 0.1) is 44.3 Å². The number of nitrogens with zero attached hydrogens (tertiary/aromatic N) is 7.